The van der Waals surface area contributed by atoms with Crippen LogP contribution in [0, 0.1) is 0 Å². The van der Waals surface area contributed by atoms with E-state index in [9.17, 15) is 0 Å². The summed E-state index contributed by atoms with van der Waals surface area (Å²) in [6, 6.07) is 11.4. The van der Waals surface area contributed by atoms with Crippen molar-refractivity contribution < 1.29 is 9.47 Å². The van der Waals surface area contributed by atoms with Gasteiger partial charge in [0.2, 0.25) is 5.88 Å². The maximum atomic E-state index is 5.81. The van der Waals surface area contributed by atoms with Gasteiger partial charge in [0.25, 0.3) is 0 Å². The Morgan fingerprint density at radius 3 is 2.67 bits per heavy atom. The molecule has 2 aromatic rings. The zero-order valence-corrected chi connectivity index (χ0v) is 14.0. The van der Waals surface area contributed by atoms with Crippen molar-refractivity contribution in [3.05, 3.63) is 48.2 Å². The first-order valence-corrected chi connectivity index (χ1v) is 8.09. The van der Waals surface area contributed by atoms with Crippen LogP contribution < -0.4 is 14.8 Å². The number of rotatable bonds is 6. The predicted molar refractivity (Wildman–Crippen MR) is 93.7 cm³/mol. The molecule has 0 unspecified atom stereocenters. The van der Waals surface area contributed by atoms with E-state index in [1.807, 2.05) is 50.4 Å². The lowest BCUT2D eigenvalue weighted by Crippen LogP contribution is -2.35. The lowest BCUT2D eigenvalue weighted by atomic mass is 10.2. The first-order valence-electron chi connectivity index (χ1n) is 8.09. The number of aliphatic imine (C=N–C) groups is 1. The van der Waals surface area contributed by atoms with Gasteiger partial charge in [0, 0.05) is 32.4 Å². The molecule has 0 spiro atoms. The summed E-state index contributed by atoms with van der Waals surface area (Å²) in [5.74, 6) is 3.06. The van der Waals surface area contributed by atoms with Crippen molar-refractivity contribution in [1.82, 2.24) is 15.2 Å². The van der Waals surface area contributed by atoms with E-state index < -0.39 is 0 Å². The number of nitrogens with one attached hydrogen (secondary N) is 1. The molecule has 2 heterocycles. The number of aromatic nitrogens is 1. The fraction of sp³-hybridized carbons (Fsp3) is 0.333. The van der Waals surface area contributed by atoms with Crippen LogP contribution in [0.15, 0.2) is 47.6 Å². The normalized spacial score (nSPS) is 13.6. The number of benzene rings is 1. The Balaban J connectivity index is 1.60. The van der Waals surface area contributed by atoms with Gasteiger partial charge in [-0.15, -0.1) is 0 Å². The van der Waals surface area contributed by atoms with E-state index in [0.717, 1.165) is 36.1 Å². The first-order chi connectivity index (χ1) is 11.7. The molecule has 1 aliphatic rings. The number of guanidine groups is 1. The molecular weight excluding hydrogens is 304 g/mol. The van der Waals surface area contributed by atoms with Crippen LogP contribution in [0.3, 0.4) is 0 Å². The van der Waals surface area contributed by atoms with Crippen molar-refractivity contribution >= 4 is 5.96 Å². The molecule has 0 saturated carbocycles. The van der Waals surface area contributed by atoms with Crippen LogP contribution in [-0.2, 0) is 6.54 Å². The summed E-state index contributed by atoms with van der Waals surface area (Å²) in [6.45, 7) is 5.11. The molecular formula is C18H22N4O2. The van der Waals surface area contributed by atoms with Gasteiger partial charge in [0.1, 0.15) is 11.5 Å². The van der Waals surface area contributed by atoms with Crippen LogP contribution in [0.4, 0.5) is 0 Å². The summed E-state index contributed by atoms with van der Waals surface area (Å²) in [6.07, 6.45) is 1.75. The average Bonchev–Trinajstić information content (AvgIpc) is 3.01. The van der Waals surface area contributed by atoms with E-state index in [2.05, 4.69) is 20.2 Å². The highest BCUT2D eigenvalue weighted by Gasteiger charge is 2.11. The third-order valence-electron chi connectivity index (χ3n) is 3.67. The SMILES string of the molecule is CCOc1ccc(Oc2cc(CNC3=NCCN3C)ccn2)cc1. The largest absolute Gasteiger partial charge is 0.494 e. The van der Waals surface area contributed by atoms with Gasteiger partial charge >= 0.3 is 0 Å². The summed E-state index contributed by atoms with van der Waals surface area (Å²) in [7, 11) is 2.03. The van der Waals surface area contributed by atoms with Gasteiger partial charge in [-0.05, 0) is 42.8 Å². The van der Waals surface area contributed by atoms with Crippen LogP contribution in [0.25, 0.3) is 0 Å². The van der Waals surface area contributed by atoms with Crippen LogP contribution in [0.5, 0.6) is 17.4 Å². The van der Waals surface area contributed by atoms with Gasteiger partial charge in [0.05, 0.1) is 13.2 Å². The number of hydrogen-bond donors (Lipinski definition) is 1. The van der Waals surface area contributed by atoms with E-state index in [0.29, 0.717) is 19.0 Å². The third kappa shape index (κ3) is 4.16. The summed E-state index contributed by atoms with van der Waals surface area (Å²) in [5.41, 5.74) is 1.09. The van der Waals surface area contributed by atoms with Crippen LogP contribution in [0.2, 0.25) is 0 Å². The maximum Gasteiger partial charge on any atom is 0.219 e. The predicted octanol–water partition coefficient (Wildman–Crippen LogP) is 2.66. The molecule has 1 N–H and O–H groups in total. The fourth-order valence-corrected chi connectivity index (χ4v) is 2.41. The zero-order valence-electron chi connectivity index (χ0n) is 14.0. The number of ether oxygens (including phenoxy) is 2. The molecule has 0 saturated heterocycles. The Hall–Kier alpha value is -2.76. The van der Waals surface area contributed by atoms with Crippen LogP contribution in [-0.4, -0.2) is 42.6 Å². The molecule has 0 bridgehead atoms. The first kappa shape index (κ1) is 16.1. The van der Waals surface area contributed by atoms with Crippen LogP contribution in [0.1, 0.15) is 12.5 Å². The highest BCUT2D eigenvalue weighted by molar-refractivity contribution is 5.81. The van der Waals surface area contributed by atoms with Crippen LogP contribution >= 0.6 is 0 Å². The molecule has 126 valence electrons. The monoisotopic (exact) mass is 326 g/mol. The molecule has 1 aromatic carbocycles. The minimum absolute atomic E-state index is 0.570. The summed E-state index contributed by atoms with van der Waals surface area (Å²) in [5, 5.41) is 3.34. The maximum absolute atomic E-state index is 5.81. The molecule has 1 aliphatic heterocycles. The van der Waals surface area contributed by atoms with Crippen molar-refractivity contribution in [1.29, 1.82) is 0 Å². The molecule has 6 heteroatoms. The van der Waals surface area contributed by atoms with E-state index in [-0.39, 0.29) is 0 Å². The molecule has 0 amide bonds. The highest BCUT2D eigenvalue weighted by Crippen LogP contribution is 2.23. The molecule has 0 fully saturated rings. The highest BCUT2D eigenvalue weighted by atomic mass is 16.5. The van der Waals surface area contributed by atoms with Gasteiger partial charge in [-0.3, -0.25) is 4.99 Å². The van der Waals surface area contributed by atoms with Crippen molar-refractivity contribution in [2.75, 3.05) is 26.7 Å². The zero-order chi connectivity index (χ0) is 16.8. The second-order valence-corrected chi connectivity index (χ2v) is 5.49. The quantitative estimate of drug-likeness (QED) is 0.884. The van der Waals surface area contributed by atoms with Gasteiger partial charge in [-0.1, -0.05) is 0 Å². The number of nitrogens with zero attached hydrogens (tertiary/aromatic N) is 3. The standard InChI is InChI=1S/C18H22N4O2/c1-3-23-15-4-6-16(7-5-15)24-17-12-14(8-9-19-17)13-21-18-20-10-11-22(18)2/h4-9,12H,3,10-11,13H2,1-2H3,(H,20,21). The van der Waals surface area contributed by atoms with Gasteiger partial charge in [0.15, 0.2) is 5.96 Å². The second-order valence-electron chi connectivity index (χ2n) is 5.49. The number of hydrogen-bond acceptors (Lipinski definition) is 6. The van der Waals surface area contributed by atoms with Gasteiger partial charge in [-0.2, -0.15) is 0 Å². The third-order valence-corrected chi connectivity index (χ3v) is 3.67. The molecule has 0 radical (unpaired) electrons. The Labute approximate surface area is 142 Å². The van der Waals surface area contributed by atoms with Crippen molar-refractivity contribution in [2.24, 2.45) is 4.99 Å². The summed E-state index contributed by atoms with van der Waals surface area (Å²) in [4.78, 5) is 10.8. The van der Waals surface area contributed by atoms with E-state index in [1.165, 1.54) is 0 Å². The number of likely N-dealkylation sites (N-methyl/N-ethyl adjacent to an activating group) is 1. The molecule has 0 aliphatic carbocycles. The smallest absolute Gasteiger partial charge is 0.219 e. The summed E-state index contributed by atoms with van der Waals surface area (Å²) >= 11 is 0. The Kier molecular flexibility index (Phi) is 5.15. The second kappa shape index (κ2) is 7.68. The lowest BCUT2D eigenvalue weighted by Gasteiger charge is -2.15. The fourth-order valence-electron chi connectivity index (χ4n) is 2.41. The van der Waals surface area contributed by atoms with E-state index >= 15 is 0 Å². The molecule has 24 heavy (non-hydrogen) atoms. The van der Waals surface area contributed by atoms with Crippen molar-refractivity contribution in [3.8, 4) is 17.4 Å². The van der Waals surface area contributed by atoms with Gasteiger partial charge in [-0.25, -0.2) is 4.98 Å². The molecule has 3 rings (SSSR count). The Morgan fingerprint density at radius 1 is 1.17 bits per heavy atom. The van der Waals surface area contributed by atoms with E-state index in [1.54, 1.807) is 6.20 Å². The minimum Gasteiger partial charge on any atom is -0.494 e. The van der Waals surface area contributed by atoms with Crippen molar-refractivity contribution in [3.63, 3.8) is 0 Å². The lowest BCUT2D eigenvalue weighted by molar-refractivity contribution is 0.339. The molecule has 1 aromatic heterocycles. The minimum atomic E-state index is 0.570. The van der Waals surface area contributed by atoms with Gasteiger partial charge < -0.3 is 19.7 Å². The van der Waals surface area contributed by atoms with E-state index in [4.69, 9.17) is 9.47 Å². The number of pyridine rings is 1. The molecule has 0 atom stereocenters. The summed E-state index contributed by atoms with van der Waals surface area (Å²) < 4.78 is 11.2. The Morgan fingerprint density at radius 2 is 1.96 bits per heavy atom. The topological polar surface area (TPSA) is 59.0 Å². The molecule has 6 nitrogen and oxygen atoms in total. The Bertz CT molecular complexity index is 700. The average molecular weight is 326 g/mol. The van der Waals surface area contributed by atoms with Crippen molar-refractivity contribution in [2.45, 2.75) is 13.5 Å².